The van der Waals surface area contributed by atoms with E-state index in [1.54, 1.807) is 30.3 Å². The molecule has 2 aromatic carbocycles. The zero-order valence-corrected chi connectivity index (χ0v) is 9.84. The third kappa shape index (κ3) is 2.65. The van der Waals surface area contributed by atoms with E-state index < -0.39 is 17.5 Å². The van der Waals surface area contributed by atoms with Crippen LogP contribution in [0.5, 0.6) is 0 Å². The largest absolute Gasteiger partial charge is 0.322 e. The van der Waals surface area contributed by atoms with Gasteiger partial charge in [-0.3, -0.25) is 4.79 Å². The Kier molecular flexibility index (Phi) is 3.58. The number of para-hydroxylation sites is 1. The van der Waals surface area contributed by atoms with Crippen LogP contribution in [-0.4, -0.2) is 5.91 Å². The van der Waals surface area contributed by atoms with E-state index in [2.05, 4.69) is 5.32 Å². The molecule has 0 radical (unpaired) electrons. The molecule has 0 spiro atoms. The van der Waals surface area contributed by atoms with E-state index in [-0.39, 0.29) is 10.6 Å². The SMILES string of the molecule is O=C(Nc1ccccc1)c1cc(F)c(Cl)cc1F. The maximum atomic E-state index is 13.5. The van der Waals surface area contributed by atoms with Crippen LogP contribution in [0.1, 0.15) is 10.4 Å². The number of hydrogen-bond donors (Lipinski definition) is 1. The minimum absolute atomic E-state index is 0.358. The van der Waals surface area contributed by atoms with E-state index in [1.807, 2.05) is 0 Å². The number of carbonyl (C=O) groups excluding carboxylic acids is 1. The minimum atomic E-state index is -0.866. The minimum Gasteiger partial charge on any atom is -0.322 e. The van der Waals surface area contributed by atoms with Crippen molar-refractivity contribution >= 4 is 23.2 Å². The summed E-state index contributed by atoms with van der Waals surface area (Å²) in [5, 5.41) is 2.10. The maximum Gasteiger partial charge on any atom is 0.258 e. The predicted octanol–water partition coefficient (Wildman–Crippen LogP) is 3.87. The van der Waals surface area contributed by atoms with Crippen LogP contribution in [0.25, 0.3) is 0 Å². The topological polar surface area (TPSA) is 29.1 Å². The van der Waals surface area contributed by atoms with Gasteiger partial charge in [0, 0.05) is 5.69 Å². The highest BCUT2D eigenvalue weighted by molar-refractivity contribution is 6.30. The van der Waals surface area contributed by atoms with Gasteiger partial charge in [0.25, 0.3) is 5.91 Å². The normalized spacial score (nSPS) is 10.2. The molecule has 1 N–H and O–H groups in total. The van der Waals surface area contributed by atoms with Gasteiger partial charge in [-0.15, -0.1) is 0 Å². The van der Waals surface area contributed by atoms with E-state index in [9.17, 15) is 13.6 Å². The van der Waals surface area contributed by atoms with Crippen LogP contribution in [0.15, 0.2) is 42.5 Å². The fourth-order valence-electron chi connectivity index (χ4n) is 1.42. The predicted molar refractivity (Wildman–Crippen MR) is 65.8 cm³/mol. The molecule has 0 aliphatic rings. The average Bonchev–Trinajstić information content (AvgIpc) is 2.35. The summed E-state index contributed by atoms with van der Waals surface area (Å²) >= 11 is 5.40. The lowest BCUT2D eigenvalue weighted by atomic mass is 10.2. The summed E-state index contributed by atoms with van der Waals surface area (Å²) in [6, 6.07) is 10.0. The lowest BCUT2D eigenvalue weighted by molar-refractivity contribution is 0.102. The Morgan fingerprint density at radius 3 is 2.39 bits per heavy atom. The first kappa shape index (κ1) is 12.5. The van der Waals surface area contributed by atoms with Crippen molar-refractivity contribution in [3.8, 4) is 0 Å². The van der Waals surface area contributed by atoms with Gasteiger partial charge in [0.15, 0.2) is 0 Å². The molecule has 18 heavy (non-hydrogen) atoms. The second-order valence-electron chi connectivity index (χ2n) is 3.57. The van der Waals surface area contributed by atoms with Crippen LogP contribution in [-0.2, 0) is 0 Å². The summed E-state index contributed by atoms with van der Waals surface area (Å²) in [7, 11) is 0. The molecule has 0 heterocycles. The van der Waals surface area contributed by atoms with Crippen LogP contribution in [0.2, 0.25) is 5.02 Å². The van der Waals surface area contributed by atoms with Crippen molar-refractivity contribution in [2.45, 2.75) is 0 Å². The third-order valence-electron chi connectivity index (χ3n) is 2.29. The monoisotopic (exact) mass is 267 g/mol. The number of anilines is 1. The van der Waals surface area contributed by atoms with E-state index in [1.165, 1.54) is 0 Å². The number of amides is 1. The van der Waals surface area contributed by atoms with Gasteiger partial charge < -0.3 is 5.32 Å². The van der Waals surface area contributed by atoms with Crippen LogP contribution < -0.4 is 5.32 Å². The molecule has 0 bridgehead atoms. The first-order chi connectivity index (χ1) is 8.58. The lowest BCUT2D eigenvalue weighted by Crippen LogP contribution is -2.14. The molecule has 0 aliphatic heterocycles. The first-order valence-electron chi connectivity index (χ1n) is 5.09. The highest BCUT2D eigenvalue weighted by Crippen LogP contribution is 2.20. The molecule has 1 amide bonds. The Bertz CT molecular complexity index is 587. The molecule has 0 saturated carbocycles. The highest BCUT2D eigenvalue weighted by Gasteiger charge is 2.15. The first-order valence-corrected chi connectivity index (χ1v) is 5.46. The van der Waals surface area contributed by atoms with Crippen molar-refractivity contribution in [3.63, 3.8) is 0 Å². The zero-order valence-electron chi connectivity index (χ0n) is 9.08. The molecule has 5 heteroatoms. The molecule has 2 nitrogen and oxygen atoms in total. The Balaban J connectivity index is 2.27. The Morgan fingerprint density at radius 1 is 1.06 bits per heavy atom. The molecule has 0 unspecified atom stereocenters. The number of nitrogens with one attached hydrogen (secondary N) is 1. The zero-order chi connectivity index (χ0) is 13.1. The second-order valence-corrected chi connectivity index (χ2v) is 3.97. The fraction of sp³-hybridized carbons (Fsp3) is 0. The van der Waals surface area contributed by atoms with Crippen LogP contribution in [0.4, 0.5) is 14.5 Å². The van der Waals surface area contributed by atoms with Crippen molar-refractivity contribution in [1.29, 1.82) is 0 Å². The van der Waals surface area contributed by atoms with Crippen LogP contribution >= 0.6 is 11.6 Å². The molecular formula is C13H8ClF2NO. The molecule has 0 aliphatic carbocycles. The maximum absolute atomic E-state index is 13.5. The fourth-order valence-corrected chi connectivity index (χ4v) is 1.57. The quantitative estimate of drug-likeness (QED) is 0.822. The molecule has 0 saturated heterocycles. The van der Waals surface area contributed by atoms with Crippen molar-refractivity contribution in [2.75, 3.05) is 5.32 Å². The Hall–Kier alpha value is -1.94. The lowest BCUT2D eigenvalue weighted by Gasteiger charge is -2.06. The highest BCUT2D eigenvalue weighted by atomic mass is 35.5. The van der Waals surface area contributed by atoms with E-state index in [4.69, 9.17) is 11.6 Å². The summed E-state index contributed by atoms with van der Waals surface area (Å²) in [5.41, 5.74) is 0.109. The van der Waals surface area contributed by atoms with Crippen molar-refractivity contribution in [1.82, 2.24) is 0 Å². The molecule has 92 valence electrons. The van der Waals surface area contributed by atoms with E-state index in [0.717, 1.165) is 12.1 Å². The molecule has 0 fully saturated rings. The van der Waals surface area contributed by atoms with E-state index in [0.29, 0.717) is 5.69 Å². The number of rotatable bonds is 2. The summed E-state index contributed by atoms with van der Waals surface area (Å²) in [4.78, 5) is 11.7. The summed E-state index contributed by atoms with van der Waals surface area (Å²) < 4.78 is 26.7. The average molecular weight is 268 g/mol. The van der Waals surface area contributed by atoms with Crippen LogP contribution in [0, 0.1) is 11.6 Å². The van der Waals surface area contributed by atoms with Gasteiger partial charge in [0.05, 0.1) is 10.6 Å². The number of hydrogen-bond acceptors (Lipinski definition) is 1. The number of carbonyl (C=O) groups is 1. The molecule has 0 aromatic heterocycles. The Morgan fingerprint density at radius 2 is 1.72 bits per heavy atom. The molecular weight excluding hydrogens is 260 g/mol. The van der Waals surface area contributed by atoms with E-state index >= 15 is 0 Å². The molecule has 2 rings (SSSR count). The summed E-state index contributed by atoms with van der Waals surface area (Å²) in [5.74, 6) is -2.43. The van der Waals surface area contributed by atoms with Gasteiger partial charge >= 0.3 is 0 Å². The van der Waals surface area contributed by atoms with Crippen molar-refractivity contribution < 1.29 is 13.6 Å². The number of benzene rings is 2. The number of halogens is 3. The van der Waals surface area contributed by atoms with Gasteiger partial charge in [-0.25, -0.2) is 8.78 Å². The van der Waals surface area contributed by atoms with Gasteiger partial charge in [-0.05, 0) is 24.3 Å². The smallest absolute Gasteiger partial charge is 0.258 e. The molecule has 0 atom stereocenters. The van der Waals surface area contributed by atoms with Gasteiger partial charge in [0.1, 0.15) is 11.6 Å². The molecule has 2 aromatic rings. The van der Waals surface area contributed by atoms with Crippen LogP contribution in [0.3, 0.4) is 0 Å². The van der Waals surface area contributed by atoms with Crippen molar-refractivity contribution in [2.24, 2.45) is 0 Å². The second kappa shape index (κ2) is 5.14. The third-order valence-corrected chi connectivity index (χ3v) is 2.58. The standard InChI is InChI=1S/C13H8ClF2NO/c14-10-7-11(15)9(6-12(10)16)13(18)17-8-4-2-1-3-5-8/h1-7H,(H,17,18). The van der Waals surface area contributed by atoms with Crippen molar-refractivity contribution in [3.05, 3.63) is 64.7 Å². The van der Waals surface area contributed by atoms with Gasteiger partial charge in [-0.2, -0.15) is 0 Å². The summed E-state index contributed by atoms with van der Waals surface area (Å²) in [6.45, 7) is 0. The van der Waals surface area contributed by atoms with Gasteiger partial charge in [-0.1, -0.05) is 29.8 Å². The Labute approximate surface area is 107 Å². The summed E-state index contributed by atoms with van der Waals surface area (Å²) in [6.07, 6.45) is 0. The van der Waals surface area contributed by atoms with Gasteiger partial charge in [0.2, 0.25) is 0 Å².